The highest BCUT2D eigenvalue weighted by Gasteiger charge is 2.27. The zero-order chi connectivity index (χ0) is 22.6. The van der Waals surface area contributed by atoms with Gasteiger partial charge in [-0.25, -0.2) is 17.2 Å². The van der Waals surface area contributed by atoms with Crippen LogP contribution in [-0.2, 0) is 23.0 Å². The first-order valence-corrected chi connectivity index (χ1v) is 11.3. The maximum Gasteiger partial charge on any atom is 0.254 e. The van der Waals surface area contributed by atoms with Crippen molar-refractivity contribution in [1.82, 2.24) is 9.62 Å². The summed E-state index contributed by atoms with van der Waals surface area (Å²) in [6.07, 6.45) is 0.710. The second-order valence-electron chi connectivity index (χ2n) is 7.11. The highest BCUT2D eigenvalue weighted by molar-refractivity contribution is 7.89. The summed E-state index contributed by atoms with van der Waals surface area (Å²) < 4.78 is 64.1. The van der Waals surface area contributed by atoms with Gasteiger partial charge in [-0.05, 0) is 48.2 Å². The summed E-state index contributed by atoms with van der Waals surface area (Å²) in [4.78, 5) is 12.0. The second-order valence-corrected chi connectivity index (χ2v) is 9.20. The van der Waals surface area contributed by atoms with Crippen molar-refractivity contribution in [1.29, 1.82) is 0 Å². The summed E-state index contributed by atoms with van der Waals surface area (Å²) in [5.41, 5.74) is 1.58. The summed E-state index contributed by atoms with van der Waals surface area (Å²) in [5.74, 6) is -1.49. The molecule has 1 aliphatic heterocycles. The molecule has 3 rings (SSSR count). The van der Waals surface area contributed by atoms with Gasteiger partial charge in [0, 0.05) is 25.7 Å². The molecule has 0 atom stereocenters. The molecular formula is C21H24F2N2O5S. The molecule has 1 N–H and O–H groups in total. The molecular weight excluding hydrogens is 430 g/mol. The smallest absolute Gasteiger partial charge is 0.254 e. The number of halogens is 2. The van der Waals surface area contributed by atoms with E-state index >= 15 is 0 Å². The minimum absolute atomic E-state index is 0.0460. The van der Waals surface area contributed by atoms with Crippen LogP contribution in [0, 0.1) is 11.6 Å². The maximum absolute atomic E-state index is 13.6. The van der Waals surface area contributed by atoms with Crippen LogP contribution in [0.15, 0.2) is 30.3 Å². The molecule has 2 aromatic rings. The second kappa shape index (κ2) is 9.61. The van der Waals surface area contributed by atoms with Crippen molar-refractivity contribution >= 4 is 15.9 Å². The number of carbonyl (C=O) groups is 1. The van der Waals surface area contributed by atoms with Gasteiger partial charge in [-0.1, -0.05) is 0 Å². The van der Waals surface area contributed by atoms with E-state index in [1.165, 1.54) is 11.4 Å². The minimum atomic E-state index is -3.55. The average molecular weight is 454 g/mol. The quantitative estimate of drug-likeness (QED) is 0.620. The number of nitrogens with one attached hydrogen (secondary N) is 1. The van der Waals surface area contributed by atoms with Crippen molar-refractivity contribution in [3.8, 4) is 11.5 Å². The van der Waals surface area contributed by atoms with Crippen molar-refractivity contribution in [3.63, 3.8) is 0 Å². The molecule has 0 spiro atoms. The Labute approximate surface area is 180 Å². The number of rotatable bonds is 8. The Kier molecular flexibility index (Phi) is 7.11. The zero-order valence-electron chi connectivity index (χ0n) is 17.3. The van der Waals surface area contributed by atoms with E-state index in [1.807, 2.05) is 6.07 Å². The number of ether oxygens (including phenoxy) is 2. The SMILES string of the molecule is COc1cc2c(cc1OC)CN(S(=O)(=O)CCCNC(=O)c1ccc(F)cc1F)CC2. The van der Waals surface area contributed by atoms with Crippen LogP contribution in [0.1, 0.15) is 27.9 Å². The van der Waals surface area contributed by atoms with E-state index in [0.717, 1.165) is 23.3 Å². The van der Waals surface area contributed by atoms with Crippen LogP contribution in [0.4, 0.5) is 8.78 Å². The van der Waals surface area contributed by atoms with Gasteiger partial charge < -0.3 is 14.8 Å². The minimum Gasteiger partial charge on any atom is -0.493 e. The molecule has 10 heteroatoms. The lowest BCUT2D eigenvalue weighted by Gasteiger charge is -2.29. The molecule has 7 nitrogen and oxygen atoms in total. The van der Waals surface area contributed by atoms with Crippen LogP contribution in [-0.4, -0.2) is 51.7 Å². The standard InChI is InChI=1S/C21H24F2N2O5S/c1-29-19-10-14-6-8-25(13-15(14)11-20(19)30-2)31(27,28)9-3-7-24-21(26)17-5-4-16(22)12-18(17)23/h4-5,10-12H,3,6-9,13H2,1-2H3,(H,24,26). The third kappa shape index (κ3) is 5.31. The Balaban J connectivity index is 1.56. The number of hydrogen-bond acceptors (Lipinski definition) is 5. The molecule has 168 valence electrons. The molecule has 0 aromatic heterocycles. The number of methoxy groups -OCH3 is 2. The van der Waals surface area contributed by atoms with Crippen LogP contribution in [0.2, 0.25) is 0 Å². The van der Waals surface area contributed by atoms with E-state index < -0.39 is 27.6 Å². The summed E-state index contributed by atoms with van der Waals surface area (Å²) in [6.45, 7) is 0.619. The fourth-order valence-electron chi connectivity index (χ4n) is 3.45. The Morgan fingerprint density at radius 1 is 1.10 bits per heavy atom. The number of sulfonamides is 1. The average Bonchev–Trinajstić information content (AvgIpc) is 2.75. The van der Waals surface area contributed by atoms with Crippen molar-refractivity contribution < 1.29 is 31.5 Å². The summed E-state index contributed by atoms with van der Waals surface area (Å²) in [7, 11) is -0.481. The van der Waals surface area contributed by atoms with Gasteiger partial charge in [0.25, 0.3) is 5.91 Å². The van der Waals surface area contributed by atoms with E-state index in [-0.39, 0.29) is 30.8 Å². The molecule has 0 radical (unpaired) electrons. The first-order chi connectivity index (χ1) is 14.7. The Bertz CT molecular complexity index is 1080. The third-order valence-electron chi connectivity index (χ3n) is 5.12. The number of amides is 1. The zero-order valence-corrected chi connectivity index (χ0v) is 18.1. The number of carbonyl (C=O) groups excluding carboxylic acids is 1. The molecule has 0 saturated carbocycles. The van der Waals surface area contributed by atoms with Gasteiger partial charge in [0.1, 0.15) is 11.6 Å². The van der Waals surface area contributed by atoms with Gasteiger partial charge in [-0.2, -0.15) is 4.31 Å². The highest BCUT2D eigenvalue weighted by atomic mass is 32.2. The summed E-state index contributed by atoms with van der Waals surface area (Å²) >= 11 is 0. The molecule has 0 saturated heterocycles. The van der Waals surface area contributed by atoms with E-state index in [9.17, 15) is 22.0 Å². The Morgan fingerprint density at radius 2 is 1.77 bits per heavy atom. The van der Waals surface area contributed by atoms with Gasteiger partial charge >= 0.3 is 0 Å². The largest absolute Gasteiger partial charge is 0.493 e. The fourth-order valence-corrected chi connectivity index (χ4v) is 4.92. The van der Waals surface area contributed by atoms with Crippen LogP contribution >= 0.6 is 0 Å². The van der Waals surface area contributed by atoms with Gasteiger partial charge in [0.15, 0.2) is 11.5 Å². The molecule has 0 aliphatic carbocycles. The summed E-state index contributed by atoms with van der Waals surface area (Å²) in [5, 5.41) is 2.46. The fraction of sp³-hybridized carbons (Fsp3) is 0.381. The van der Waals surface area contributed by atoms with E-state index in [4.69, 9.17) is 9.47 Å². The van der Waals surface area contributed by atoms with E-state index in [0.29, 0.717) is 30.5 Å². The van der Waals surface area contributed by atoms with Crippen molar-refractivity contribution in [2.45, 2.75) is 19.4 Å². The van der Waals surface area contributed by atoms with Crippen LogP contribution in [0.3, 0.4) is 0 Å². The van der Waals surface area contributed by atoms with Crippen molar-refractivity contribution in [3.05, 3.63) is 58.7 Å². The molecule has 1 aliphatic rings. The lowest BCUT2D eigenvalue weighted by molar-refractivity contribution is 0.0949. The van der Waals surface area contributed by atoms with Gasteiger partial charge in [0.2, 0.25) is 10.0 Å². The van der Waals surface area contributed by atoms with Crippen LogP contribution < -0.4 is 14.8 Å². The number of fused-ring (bicyclic) bond motifs is 1. The lowest BCUT2D eigenvalue weighted by Crippen LogP contribution is -2.38. The number of hydrogen-bond donors (Lipinski definition) is 1. The number of nitrogens with zero attached hydrogens (tertiary/aromatic N) is 1. The lowest BCUT2D eigenvalue weighted by atomic mass is 10.0. The highest BCUT2D eigenvalue weighted by Crippen LogP contribution is 2.33. The predicted molar refractivity (Wildman–Crippen MR) is 111 cm³/mol. The van der Waals surface area contributed by atoms with Gasteiger partial charge in [0.05, 0.1) is 25.5 Å². The molecule has 0 unspecified atom stereocenters. The number of benzene rings is 2. The normalized spacial score (nSPS) is 14.1. The summed E-state index contributed by atoms with van der Waals surface area (Å²) in [6, 6.07) is 6.31. The molecule has 31 heavy (non-hydrogen) atoms. The molecule has 1 amide bonds. The van der Waals surface area contributed by atoms with Crippen molar-refractivity contribution in [2.75, 3.05) is 33.1 Å². The third-order valence-corrected chi connectivity index (χ3v) is 7.02. The van der Waals surface area contributed by atoms with Crippen LogP contribution in [0.25, 0.3) is 0 Å². The monoisotopic (exact) mass is 454 g/mol. The molecule has 2 aromatic carbocycles. The predicted octanol–water partition coefficient (Wildman–Crippen LogP) is 2.49. The van der Waals surface area contributed by atoms with Gasteiger partial charge in [-0.3, -0.25) is 4.79 Å². The first-order valence-electron chi connectivity index (χ1n) is 9.70. The van der Waals surface area contributed by atoms with E-state index in [2.05, 4.69) is 5.32 Å². The van der Waals surface area contributed by atoms with E-state index in [1.54, 1.807) is 13.2 Å². The molecule has 0 bridgehead atoms. The Morgan fingerprint density at radius 3 is 2.42 bits per heavy atom. The molecule has 0 fully saturated rings. The topological polar surface area (TPSA) is 84.9 Å². The molecule has 1 heterocycles. The Hall–Kier alpha value is -2.72. The van der Waals surface area contributed by atoms with Gasteiger partial charge in [-0.15, -0.1) is 0 Å². The van der Waals surface area contributed by atoms with Crippen LogP contribution in [0.5, 0.6) is 11.5 Å². The maximum atomic E-state index is 13.6. The first kappa shape index (κ1) is 23.0. The van der Waals surface area contributed by atoms with Crippen molar-refractivity contribution in [2.24, 2.45) is 0 Å².